The molecule has 0 saturated carbocycles. The predicted molar refractivity (Wildman–Crippen MR) is 66.4 cm³/mol. The van der Waals surface area contributed by atoms with Gasteiger partial charge < -0.3 is 15.3 Å². The van der Waals surface area contributed by atoms with E-state index in [9.17, 15) is 9.59 Å². The number of aryl methyl sites for hydroxylation is 1. The third kappa shape index (κ3) is 2.85. The molecule has 2 aromatic heterocycles. The molecule has 0 saturated heterocycles. The van der Waals surface area contributed by atoms with Gasteiger partial charge in [-0.25, -0.2) is 4.98 Å². The maximum atomic E-state index is 11.7. The molecular formula is C12H14N4O2. The van der Waals surface area contributed by atoms with Crippen molar-refractivity contribution in [2.75, 3.05) is 6.54 Å². The number of hydrogen-bond acceptors (Lipinski definition) is 3. The van der Waals surface area contributed by atoms with Crippen LogP contribution in [0.15, 0.2) is 29.5 Å². The van der Waals surface area contributed by atoms with Crippen LogP contribution in [0.2, 0.25) is 0 Å². The number of nitrogens with zero attached hydrogens (tertiary/aromatic N) is 1. The van der Waals surface area contributed by atoms with Gasteiger partial charge in [-0.15, -0.1) is 0 Å². The van der Waals surface area contributed by atoms with Gasteiger partial charge in [0.2, 0.25) is 0 Å². The first kappa shape index (κ1) is 12.1. The largest absolute Gasteiger partial charge is 0.364 e. The van der Waals surface area contributed by atoms with E-state index in [2.05, 4.69) is 20.3 Å². The summed E-state index contributed by atoms with van der Waals surface area (Å²) in [5.74, 6) is 0.427. The van der Waals surface area contributed by atoms with Crippen molar-refractivity contribution in [3.63, 3.8) is 0 Å². The summed E-state index contributed by atoms with van der Waals surface area (Å²) in [6, 6.07) is 1.40. The highest BCUT2D eigenvalue weighted by Crippen LogP contribution is 1.93. The molecule has 18 heavy (non-hydrogen) atoms. The second kappa shape index (κ2) is 5.31. The van der Waals surface area contributed by atoms with Gasteiger partial charge in [0.1, 0.15) is 11.4 Å². The van der Waals surface area contributed by atoms with Gasteiger partial charge >= 0.3 is 0 Å². The normalized spacial score (nSPS) is 10.3. The fourth-order valence-electron chi connectivity index (χ4n) is 1.57. The number of imidazole rings is 1. The number of H-pyrrole nitrogens is 2. The number of hydrogen-bond donors (Lipinski definition) is 3. The second-order valence-corrected chi connectivity index (χ2v) is 3.94. The fraction of sp³-hybridized carbons (Fsp3) is 0.250. The topological polar surface area (TPSA) is 90.6 Å². The van der Waals surface area contributed by atoms with Crippen molar-refractivity contribution in [2.45, 2.75) is 13.3 Å². The minimum Gasteiger partial charge on any atom is -0.364 e. The Kier molecular flexibility index (Phi) is 3.57. The molecule has 2 rings (SSSR count). The third-order valence-corrected chi connectivity index (χ3v) is 2.50. The van der Waals surface area contributed by atoms with Crippen molar-refractivity contribution < 1.29 is 4.79 Å². The van der Waals surface area contributed by atoms with E-state index in [1.165, 1.54) is 12.3 Å². The molecule has 0 fully saturated rings. The summed E-state index contributed by atoms with van der Waals surface area (Å²) in [6.45, 7) is 2.19. The van der Waals surface area contributed by atoms with Crippen LogP contribution in [0.5, 0.6) is 0 Å². The van der Waals surface area contributed by atoms with Crippen LogP contribution in [0.25, 0.3) is 0 Å². The summed E-state index contributed by atoms with van der Waals surface area (Å²) in [6.07, 6.45) is 5.41. The van der Waals surface area contributed by atoms with E-state index in [0.717, 1.165) is 11.5 Å². The van der Waals surface area contributed by atoms with E-state index in [-0.39, 0.29) is 16.9 Å². The molecule has 6 heteroatoms. The number of rotatable bonds is 4. The molecule has 0 bridgehead atoms. The molecule has 94 valence electrons. The van der Waals surface area contributed by atoms with Gasteiger partial charge in [-0.05, 0) is 6.92 Å². The highest BCUT2D eigenvalue weighted by atomic mass is 16.2. The molecule has 0 spiro atoms. The van der Waals surface area contributed by atoms with Crippen LogP contribution in [0.1, 0.15) is 21.9 Å². The maximum absolute atomic E-state index is 11.7. The summed E-state index contributed by atoms with van der Waals surface area (Å²) in [5.41, 5.74) is 0.578. The molecule has 0 radical (unpaired) electrons. The molecule has 0 aromatic carbocycles. The lowest BCUT2D eigenvalue weighted by atomic mass is 10.2. The number of carbonyl (C=O) groups is 1. The summed E-state index contributed by atoms with van der Waals surface area (Å²) >= 11 is 0. The van der Waals surface area contributed by atoms with Gasteiger partial charge in [0, 0.05) is 43.3 Å². The number of aromatic nitrogens is 3. The van der Waals surface area contributed by atoms with Gasteiger partial charge in [-0.2, -0.15) is 0 Å². The molecule has 6 nitrogen and oxygen atoms in total. The van der Waals surface area contributed by atoms with Crippen LogP contribution in [-0.2, 0) is 6.42 Å². The molecular weight excluding hydrogens is 232 g/mol. The van der Waals surface area contributed by atoms with Crippen LogP contribution in [0.3, 0.4) is 0 Å². The molecule has 0 unspecified atom stereocenters. The maximum Gasteiger partial charge on any atom is 0.256 e. The van der Waals surface area contributed by atoms with Crippen molar-refractivity contribution in [3.8, 4) is 0 Å². The molecule has 3 N–H and O–H groups in total. The van der Waals surface area contributed by atoms with Crippen molar-refractivity contribution in [3.05, 3.63) is 52.0 Å². The Hall–Kier alpha value is -2.37. The average Bonchev–Trinajstić information content (AvgIpc) is 2.81. The first-order valence-corrected chi connectivity index (χ1v) is 5.62. The number of nitrogens with one attached hydrogen (secondary N) is 3. The summed E-state index contributed by atoms with van der Waals surface area (Å²) < 4.78 is 0. The SMILES string of the molecule is Cc1cc(=O)c(C(=O)NCCc2ncc[nH]2)c[nH]1. The van der Waals surface area contributed by atoms with E-state index in [4.69, 9.17) is 0 Å². The van der Waals surface area contributed by atoms with Gasteiger partial charge in [0.05, 0.1) is 0 Å². The quantitative estimate of drug-likeness (QED) is 0.728. The highest BCUT2D eigenvalue weighted by Gasteiger charge is 2.09. The smallest absolute Gasteiger partial charge is 0.256 e. The molecule has 2 aromatic rings. The standard InChI is InChI=1S/C12H14N4O2/c1-8-6-10(17)9(7-16-8)12(18)15-3-2-11-13-4-5-14-11/h4-7H,2-3H2,1H3,(H,13,14)(H,15,18)(H,16,17). The van der Waals surface area contributed by atoms with Crippen molar-refractivity contribution in [1.82, 2.24) is 20.3 Å². The van der Waals surface area contributed by atoms with E-state index in [0.29, 0.717) is 13.0 Å². The van der Waals surface area contributed by atoms with Crippen LogP contribution in [0, 0.1) is 6.92 Å². The van der Waals surface area contributed by atoms with E-state index in [1.54, 1.807) is 19.3 Å². The van der Waals surface area contributed by atoms with Crippen molar-refractivity contribution >= 4 is 5.91 Å². The number of aromatic amines is 2. The molecule has 0 atom stereocenters. The Morgan fingerprint density at radius 2 is 2.28 bits per heavy atom. The van der Waals surface area contributed by atoms with Gasteiger partial charge in [-0.1, -0.05) is 0 Å². The van der Waals surface area contributed by atoms with Crippen LogP contribution in [0.4, 0.5) is 0 Å². The summed E-state index contributed by atoms with van der Waals surface area (Å²) in [5, 5.41) is 2.68. The van der Waals surface area contributed by atoms with Crippen LogP contribution >= 0.6 is 0 Å². The Bertz CT molecular complexity index is 586. The average molecular weight is 246 g/mol. The molecule has 0 aliphatic carbocycles. The minimum absolute atomic E-state index is 0.125. The fourth-order valence-corrected chi connectivity index (χ4v) is 1.57. The number of amides is 1. The summed E-state index contributed by atoms with van der Waals surface area (Å²) in [4.78, 5) is 33.1. The van der Waals surface area contributed by atoms with Gasteiger partial charge in [0.15, 0.2) is 5.43 Å². The third-order valence-electron chi connectivity index (χ3n) is 2.50. The predicted octanol–water partition coefficient (Wildman–Crippen LogP) is 0.379. The number of pyridine rings is 1. The summed E-state index contributed by atoms with van der Waals surface area (Å²) in [7, 11) is 0. The van der Waals surface area contributed by atoms with E-state index < -0.39 is 0 Å². The first-order chi connectivity index (χ1) is 8.66. The lowest BCUT2D eigenvalue weighted by molar-refractivity contribution is 0.0952. The van der Waals surface area contributed by atoms with Gasteiger partial charge in [0.25, 0.3) is 5.91 Å². The molecule has 2 heterocycles. The van der Waals surface area contributed by atoms with E-state index >= 15 is 0 Å². The Balaban J connectivity index is 1.93. The monoisotopic (exact) mass is 246 g/mol. The second-order valence-electron chi connectivity index (χ2n) is 3.94. The molecule has 0 aliphatic heterocycles. The highest BCUT2D eigenvalue weighted by molar-refractivity contribution is 5.93. The Morgan fingerprint density at radius 3 is 2.94 bits per heavy atom. The Morgan fingerprint density at radius 1 is 1.44 bits per heavy atom. The van der Waals surface area contributed by atoms with Crippen molar-refractivity contribution in [1.29, 1.82) is 0 Å². The lowest BCUT2D eigenvalue weighted by Gasteiger charge is -2.03. The first-order valence-electron chi connectivity index (χ1n) is 5.62. The van der Waals surface area contributed by atoms with E-state index in [1.807, 2.05) is 0 Å². The molecule has 0 aliphatic rings. The zero-order chi connectivity index (χ0) is 13.0. The molecule has 1 amide bonds. The van der Waals surface area contributed by atoms with Crippen LogP contribution < -0.4 is 10.7 Å². The van der Waals surface area contributed by atoms with Crippen LogP contribution in [-0.4, -0.2) is 27.4 Å². The minimum atomic E-state index is -0.372. The Labute approximate surface area is 103 Å². The van der Waals surface area contributed by atoms with Crippen molar-refractivity contribution in [2.24, 2.45) is 0 Å². The van der Waals surface area contributed by atoms with Gasteiger partial charge in [-0.3, -0.25) is 9.59 Å². The zero-order valence-electron chi connectivity index (χ0n) is 9.99. The lowest BCUT2D eigenvalue weighted by Crippen LogP contribution is -2.30. The number of carbonyl (C=O) groups excluding carboxylic acids is 1. The zero-order valence-corrected chi connectivity index (χ0v) is 9.99.